The molecule has 0 aliphatic carbocycles. The van der Waals surface area contributed by atoms with Crippen LogP contribution in [-0.2, 0) is 12.2 Å². The fourth-order valence-corrected chi connectivity index (χ4v) is 3.06. The number of carbonyl (C=O) groups excluding carboxylic acids is 1. The van der Waals surface area contributed by atoms with Crippen LogP contribution in [0, 0.1) is 6.92 Å². The number of furan rings is 1. The molecule has 0 aliphatic heterocycles. The van der Waals surface area contributed by atoms with Gasteiger partial charge in [-0.15, -0.1) is 0 Å². The Labute approximate surface area is 118 Å². The summed E-state index contributed by atoms with van der Waals surface area (Å²) >= 11 is 2.92. The van der Waals surface area contributed by atoms with Crippen LogP contribution in [0.2, 0.25) is 0 Å². The number of hydrogen-bond donors (Lipinski definition) is 2. The summed E-state index contributed by atoms with van der Waals surface area (Å²) in [5.74, 6) is 7.10. The number of carbonyl (C=O) groups is 1. The first kappa shape index (κ1) is 14.0. The molecule has 102 valence electrons. The molecule has 0 saturated carbocycles. The summed E-state index contributed by atoms with van der Waals surface area (Å²) in [5.41, 5.74) is 2.83. The maximum atomic E-state index is 11.4. The van der Waals surface area contributed by atoms with Crippen molar-refractivity contribution in [2.24, 2.45) is 5.84 Å². The molecule has 0 radical (unpaired) electrons. The SMILES string of the molecule is CCc1nsc(SCc2cc(C)c(C(=O)NN)o2)n1. The Hall–Kier alpha value is -1.38. The Morgan fingerprint density at radius 2 is 2.42 bits per heavy atom. The molecule has 6 nitrogen and oxygen atoms in total. The molecule has 0 aliphatic rings. The van der Waals surface area contributed by atoms with Gasteiger partial charge in [-0.3, -0.25) is 10.2 Å². The molecular formula is C11H14N4O2S2. The van der Waals surface area contributed by atoms with Gasteiger partial charge in [0, 0.05) is 12.0 Å². The van der Waals surface area contributed by atoms with Crippen LogP contribution in [-0.4, -0.2) is 15.3 Å². The van der Waals surface area contributed by atoms with E-state index in [4.69, 9.17) is 10.3 Å². The number of amides is 1. The number of aromatic nitrogens is 2. The summed E-state index contributed by atoms with van der Waals surface area (Å²) < 4.78 is 10.6. The second-order valence-electron chi connectivity index (χ2n) is 3.82. The molecular weight excluding hydrogens is 284 g/mol. The predicted molar refractivity (Wildman–Crippen MR) is 73.9 cm³/mol. The van der Waals surface area contributed by atoms with Crippen LogP contribution >= 0.6 is 23.3 Å². The number of thioether (sulfide) groups is 1. The first-order valence-electron chi connectivity index (χ1n) is 5.69. The van der Waals surface area contributed by atoms with Gasteiger partial charge in [-0.25, -0.2) is 10.8 Å². The van der Waals surface area contributed by atoms with Crippen molar-refractivity contribution >= 4 is 29.2 Å². The van der Waals surface area contributed by atoms with Crippen LogP contribution in [0.25, 0.3) is 0 Å². The van der Waals surface area contributed by atoms with Gasteiger partial charge in [-0.2, -0.15) is 4.37 Å². The molecule has 0 aromatic carbocycles. The molecule has 0 bridgehead atoms. The molecule has 2 rings (SSSR count). The zero-order chi connectivity index (χ0) is 13.8. The van der Waals surface area contributed by atoms with E-state index in [9.17, 15) is 4.79 Å². The smallest absolute Gasteiger partial charge is 0.301 e. The minimum absolute atomic E-state index is 0.254. The maximum Gasteiger partial charge on any atom is 0.301 e. The van der Waals surface area contributed by atoms with E-state index in [1.807, 2.05) is 19.9 Å². The van der Waals surface area contributed by atoms with Gasteiger partial charge >= 0.3 is 5.91 Å². The van der Waals surface area contributed by atoms with Crippen molar-refractivity contribution in [2.45, 2.75) is 30.4 Å². The molecule has 8 heteroatoms. The summed E-state index contributed by atoms with van der Waals surface area (Å²) in [6.07, 6.45) is 0.831. The monoisotopic (exact) mass is 298 g/mol. The Morgan fingerprint density at radius 1 is 1.63 bits per heavy atom. The molecule has 0 atom stereocenters. The van der Waals surface area contributed by atoms with Gasteiger partial charge < -0.3 is 4.42 Å². The van der Waals surface area contributed by atoms with Crippen molar-refractivity contribution in [1.29, 1.82) is 0 Å². The molecule has 2 aromatic heterocycles. The number of hydrogen-bond acceptors (Lipinski definition) is 7. The molecule has 0 spiro atoms. The lowest BCUT2D eigenvalue weighted by Crippen LogP contribution is -2.30. The lowest BCUT2D eigenvalue weighted by atomic mass is 10.2. The van der Waals surface area contributed by atoms with E-state index >= 15 is 0 Å². The molecule has 0 fully saturated rings. The van der Waals surface area contributed by atoms with E-state index in [-0.39, 0.29) is 5.76 Å². The highest BCUT2D eigenvalue weighted by molar-refractivity contribution is 8.00. The topological polar surface area (TPSA) is 94.0 Å². The van der Waals surface area contributed by atoms with Crippen LogP contribution in [0.1, 0.15) is 34.6 Å². The average Bonchev–Trinajstić information content (AvgIpc) is 3.01. The third kappa shape index (κ3) is 3.34. The number of nitrogens with one attached hydrogen (secondary N) is 1. The summed E-state index contributed by atoms with van der Waals surface area (Å²) in [6.45, 7) is 3.83. The van der Waals surface area contributed by atoms with Crippen molar-refractivity contribution in [3.63, 3.8) is 0 Å². The fraction of sp³-hybridized carbons (Fsp3) is 0.364. The average molecular weight is 298 g/mol. The number of aryl methyl sites for hydroxylation is 2. The van der Waals surface area contributed by atoms with E-state index < -0.39 is 5.91 Å². The molecule has 2 heterocycles. The van der Waals surface area contributed by atoms with Crippen LogP contribution in [0.3, 0.4) is 0 Å². The predicted octanol–water partition coefficient (Wildman–Crippen LogP) is 1.90. The molecule has 3 N–H and O–H groups in total. The highest BCUT2D eigenvalue weighted by Gasteiger charge is 2.15. The molecule has 1 amide bonds. The fourth-order valence-electron chi connectivity index (χ4n) is 1.48. The second-order valence-corrected chi connectivity index (χ2v) is 5.79. The van der Waals surface area contributed by atoms with Crippen molar-refractivity contribution in [3.8, 4) is 0 Å². The van der Waals surface area contributed by atoms with Gasteiger partial charge in [-0.1, -0.05) is 18.7 Å². The molecule has 0 saturated heterocycles. The quantitative estimate of drug-likeness (QED) is 0.379. The summed E-state index contributed by atoms with van der Waals surface area (Å²) in [7, 11) is 0. The van der Waals surface area contributed by atoms with Gasteiger partial charge in [0.15, 0.2) is 10.1 Å². The summed E-state index contributed by atoms with van der Waals surface area (Å²) in [4.78, 5) is 15.8. The summed E-state index contributed by atoms with van der Waals surface area (Å²) in [6, 6.07) is 1.83. The van der Waals surface area contributed by atoms with Crippen molar-refractivity contribution in [1.82, 2.24) is 14.8 Å². The first-order valence-corrected chi connectivity index (χ1v) is 7.45. The van der Waals surface area contributed by atoms with Crippen LogP contribution in [0.15, 0.2) is 14.8 Å². The minimum atomic E-state index is -0.419. The number of nitrogens with two attached hydrogens (primary N) is 1. The van der Waals surface area contributed by atoms with E-state index in [0.29, 0.717) is 11.5 Å². The van der Waals surface area contributed by atoms with Crippen molar-refractivity contribution in [3.05, 3.63) is 29.0 Å². The standard InChI is InChI=1S/C11H14N4O2S2/c1-3-8-13-11(19-15-8)18-5-7-4-6(2)9(17-7)10(16)14-12/h4H,3,5,12H2,1-2H3,(H,14,16). The van der Waals surface area contributed by atoms with Crippen molar-refractivity contribution < 1.29 is 9.21 Å². The van der Waals surface area contributed by atoms with E-state index in [0.717, 1.165) is 22.1 Å². The third-order valence-corrected chi connectivity index (χ3v) is 4.30. The Balaban J connectivity index is 2.01. The Bertz CT molecular complexity index is 579. The highest BCUT2D eigenvalue weighted by Crippen LogP contribution is 2.26. The van der Waals surface area contributed by atoms with E-state index in [1.165, 1.54) is 23.3 Å². The maximum absolute atomic E-state index is 11.4. The van der Waals surface area contributed by atoms with Crippen LogP contribution in [0.4, 0.5) is 0 Å². The third-order valence-electron chi connectivity index (χ3n) is 2.41. The minimum Gasteiger partial charge on any atom is -0.455 e. The van der Waals surface area contributed by atoms with Crippen molar-refractivity contribution in [2.75, 3.05) is 0 Å². The number of rotatable bonds is 5. The molecule has 0 unspecified atom stereocenters. The Kier molecular flexibility index (Phi) is 4.56. The second kappa shape index (κ2) is 6.18. The van der Waals surface area contributed by atoms with Gasteiger partial charge in [-0.05, 0) is 24.5 Å². The molecule has 2 aromatic rings. The number of nitrogens with zero attached hydrogens (tertiary/aromatic N) is 2. The molecule has 19 heavy (non-hydrogen) atoms. The zero-order valence-electron chi connectivity index (χ0n) is 10.6. The lowest BCUT2D eigenvalue weighted by Gasteiger charge is -1.96. The highest BCUT2D eigenvalue weighted by atomic mass is 32.2. The van der Waals surface area contributed by atoms with Gasteiger partial charge in [0.25, 0.3) is 0 Å². The number of nitrogen functional groups attached to an aromatic ring is 1. The van der Waals surface area contributed by atoms with Crippen LogP contribution < -0.4 is 11.3 Å². The van der Waals surface area contributed by atoms with Crippen LogP contribution in [0.5, 0.6) is 0 Å². The lowest BCUT2D eigenvalue weighted by molar-refractivity contribution is 0.0923. The zero-order valence-corrected chi connectivity index (χ0v) is 12.2. The summed E-state index contributed by atoms with van der Waals surface area (Å²) in [5, 5.41) is 0. The Morgan fingerprint density at radius 3 is 3.05 bits per heavy atom. The largest absolute Gasteiger partial charge is 0.455 e. The normalized spacial score (nSPS) is 10.7. The van der Waals surface area contributed by atoms with E-state index in [1.54, 1.807) is 0 Å². The van der Waals surface area contributed by atoms with Gasteiger partial charge in [0.05, 0.1) is 5.75 Å². The first-order chi connectivity index (χ1) is 9.13. The van der Waals surface area contributed by atoms with Gasteiger partial charge in [0.1, 0.15) is 11.6 Å². The van der Waals surface area contributed by atoms with E-state index in [2.05, 4.69) is 14.8 Å². The number of hydrazine groups is 1. The van der Waals surface area contributed by atoms with Gasteiger partial charge in [0.2, 0.25) is 0 Å².